The summed E-state index contributed by atoms with van der Waals surface area (Å²) in [6.45, 7) is 7.92. The van der Waals surface area contributed by atoms with Crippen LogP contribution in [-0.4, -0.2) is 43.8 Å². The predicted octanol–water partition coefficient (Wildman–Crippen LogP) is 1.08. The van der Waals surface area contributed by atoms with E-state index in [1.54, 1.807) is 0 Å². The predicted molar refractivity (Wildman–Crippen MR) is 61.7 cm³/mol. The van der Waals surface area contributed by atoms with Gasteiger partial charge in [0.1, 0.15) is 0 Å². The zero-order valence-corrected chi connectivity index (χ0v) is 10.2. The second kappa shape index (κ2) is 4.04. The molecule has 0 aromatic rings. The van der Waals surface area contributed by atoms with Crippen LogP contribution in [0, 0.1) is 11.3 Å². The van der Waals surface area contributed by atoms with Gasteiger partial charge in [0.25, 0.3) is 0 Å². The van der Waals surface area contributed by atoms with Crippen LogP contribution in [0.1, 0.15) is 26.7 Å². The minimum Gasteiger partial charge on any atom is -0.381 e. The summed E-state index contributed by atoms with van der Waals surface area (Å²) in [5.74, 6) is 0.724. The van der Waals surface area contributed by atoms with Crippen molar-refractivity contribution in [2.75, 3.05) is 26.7 Å². The summed E-state index contributed by atoms with van der Waals surface area (Å²) in [4.78, 5) is 2.62. The second-order valence-electron chi connectivity index (χ2n) is 5.68. The summed E-state index contributed by atoms with van der Waals surface area (Å²) in [5.41, 5.74) is 6.04. The van der Waals surface area contributed by atoms with Crippen LogP contribution in [0.2, 0.25) is 0 Å². The van der Waals surface area contributed by atoms with Gasteiger partial charge in [0.15, 0.2) is 0 Å². The summed E-state index contributed by atoms with van der Waals surface area (Å²) in [6.07, 6.45) is 2.92. The van der Waals surface area contributed by atoms with E-state index in [4.69, 9.17) is 10.5 Å². The first-order valence-electron chi connectivity index (χ1n) is 6.06. The average Bonchev–Trinajstić information content (AvgIpc) is 2.65. The average molecular weight is 212 g/mol. The van der Waals surface area contributed by atoms with Crippen LogP contribution in [0.4, 0.5) is 0 Å². The lowest BCUT2D eigenvalue weighted by molar-refractivity contribution is -0.133. The van der Waals surface area contributed by atoms with Crippen molar-refractivity contribution in [1.29, 1.82) is 0 Å². The third kappa shape index (κ3) is 1.81. The van der Waals surface area contributed by atoms with E-state index in [0.717, 1.165) is 12.5 Å². The Kier molecular flexibility index (Phi) is 3.06. The quantitative estimate of drug-likeness (QED) is 0.761. The fraction of sp³-hybridized carbons (Fsp3) is 1.00. The van der Waals surface area contributed by atoms with Crippen LogP contribution in [0.25, 0.3) is 0 Å². The lowest BCUT2D eigenvalue weighted by Crippen LogP contribution is -2.61. The minimum atomic E-state index is 0.318. The van der Waals surface area contributed by atoms with E-state index in [2.05, 4.69) is 18.7 Å². The number of rotatable bonds is 3. The zero-order chi connectivity index (χ0) is 11.1. The van der Waals surface area contributed by atoms with E-state index in [-0.39, 0.29) is 0 Å². The number of hydrogen-bond acceptors (Lipinski definition) is 3. The van der Waals surface area contributed by atoms with Crippen molar-refractivity contribution >= 4 is 0 Å². The Hall–Kier alpha value is -0.120. The Morgan fingerprint density at radius 1 is 1.47 bits per heavy atom. The highest BCUT2D eigenvalue weighted by atomic mass is 16.5. The first kappa shape index (κ1) is 11.4. The van der Waals surface area contributed by atoms with Crippen molar-refractivity contribution in [1.82, 2.24) is 4.90 Å². The molecule has 2 aliphatic rings. The highest BCUT2D eigenvalue weighted by Crippen LogP contribution is 2.46. The zero-order valence-electron chi connectivity index (χ0n) is 10.2. The monoisotopic (exact) mass is 212 g/mol. The van der Waals surface area contributed by atoms with Crippen LogP contribution in [-0.2, 0) is 4.74 Å². The van der Waals surface area contributed by atoms with E-state index in [1.807, 2.05) is 7.11 Å². The fourth-order valence-corrected chi connectivity index (χ4v) is 3.22. The molecule has 2 N–H and O–H groups in total. The van der Waals surface area contributed by atoms with Gasteiger partial charge in [0.05, 0.1) is 6.10 Å². The molecule has 88 valence electrons. The molecular formula is C12H24N2O. The Labute approximate surface area is 93.0 Å². The number of nitrogens with zero attached hydrogens (tertiary/aromatic N) is 1. The van der Waals surface area contributed by atoms with Crippen LogP contribution >= 0.6 is 0 Å². The standard InChI is InChI=1S/C12H24N2O/c1-12(2)10(6-11(12)15-3)14-5-4-9(7-13)8-14/h9-11H,4-8,13H2,1-3H3. The highest BCUT2D eigenvalue weighted by molar-refractivity contribution is 5.04. The Morgan fingerprint density at radius 2 is 2.20 bits per heavy atom. The molecule has 2 fully saturated rings. The highest BCUT2D eigenvalue weighted by Gasteiger charge is 2.51. The summed E-state index contributed by atoms with van der Waals surface area (Å²) in [6, 6.07) is 0.707. The number of nitrogens with two attached hydrogens (primary N) is 1. The van der Waals surface area contributed by atoms with Crippen molar-refractivity contribution < 1.29 is 4.74 Å². The molecular weight excluding hydrogens is 188 g/mol. The minimum absolute atomic E-state index is 0.318. The fourth-order valence-electron chi connectivity index (χ4n) is 3.22. The first-order valence-corrected chi connectivity index (χ1v) is 6.06. The molecule has 1 saturated heterocycles. The van der Waals surface area contributed by atoms with Gasteiger partial charge >= 0.3 is 0 Å². The van der Waals surface area contributed by atoms with Crippen molar-refractivity contribution in [3.63, 3.8) is 0 Å². The Balaban J connectivity index is 1.92. The molecule has 3 nitrogen and oxygen atoms in total. The normalized spacial score (nSPS) is 40.4. The number of likely N-dealkylation sites (tertiary alicyclic amines) is 1. The Morgan fingerprint density at radius 3 is 2.67 bits per heavy atom. The third-order valence-corrected chi connectivity index (χ3v) is 4.50. The van der Waals surface area contributed by atoms with Crippen molar-refractivity contribution in [3.8, 4) is 0 Å². The van der Waals surface area contributed by atoms with Gasteiger partial charge in [-0.25, -0.2) is 0 Å². The van der Waals surface area contributed by atoms with Crippen molar-refractivity contribution in [2.24, 2.45) is 17.1 Å². The summed E-state index contributed by atoms with van der Waals surface area (Å²) in [5, 5.41) is 0. The summed E-state index contributed by atoms with van der Waals surface area (Å²) >= 11 is 0. The molecule has 1 heterocycles. The lowest BCUT2D eigenvalue weighted by atomic mass is 9.64. The summed E-state index contributed by atoms with van der Waals surface area (Å²) < 4.78 is 5.49. The summed E-state index contributed by atoms with van der Waals surface area (Å²) in [7, 11) is 1.83. The van der Waals surface area contributed by atoms with Gasteiger partial charge < -0.3 is 10.5 Å². The van der Waals surface area contributed by atoms with E-state index in [1.165, 1.54) is 25.9 Å². The number of methoxy groups -OCH3 is 1. The van der Waals surface area contributed by atoms with E-state index in [9.17, 15) is 0 Å². The van der Waals surface area contributed by atoms with Crippen molar-refractivity contribution in [2.45, 2.75) is 38.8 Å². The van der Waals surface area contributed by atoms with Crippen LogP contribution in [0.5, 0.6) is 0 Å². The molecule has 2 rings (SSSR count). The van der Waals surface area contributed by atoms with Gasteiger partial charge in [-0.15, -0.1) is 0 Å². The molecule has 0 aromatic carbocycles. The van der Waals surface area contributed by atoms with Gasteiger partial charge in [-0.05, 0) is 31.8 Å². The van der Waals surface area contributed by atoms with Crippen LogP contribution in [0.3, 0.4) is 0 Å². The van der Waals surface area contributed by atoms with Crippen LogP contribution < -0.4 is 5.73 Å². The van der Waals surface area contributed by atoms with Gasteiger partial charge in [0.2, 0.25) is 0 Å². The van der Waals surface area contributed by atoms with Crippen molar-refractivity contribution in [3.05, 3.63) is 0 Å². The van der Waals surface area contributed by atoms with Gasteiger partial charge in [-0.2, -0.15) is 0 Å². The van der Waals surface area contributed by atoms with E-state index < -0.39 is 0 Å². The molecule has 0 aromatic heterocycles. The van der Waals surface area contributed by atoms with E-state index in [0.29, 0.717) is 17.6 Å². The van der Waals surface area contributed by atoms with Gasteiger partial charge in [0, 0.05) is 25.1 Å². The maximum Gasteiger partial charge on any atom is 0.0652 e. The van der Waals surface area contributed by atoms with Gasteiger partial charge in [-0.1, -0.05) is 13.8 Å². The number of ether oxygens (including phenoxy) is 1. The Bertz CT molecular complexity index is 230. The number of hydrogen-bond donors (Lipinski definition) is 1. The second-order valence-corrected chi connectivity index (χ2v) is 5.68. The largest absolute Gasteiger partial charge is 0.381 e. The molecule has 0 amide bonds. The lowest BCUT2D eigenvalue weighted by Gasteiger charge is -2.54. The smallest absolute Gasteiger partial charge is 0.0652 e. The third-order valence-electron chi connectivity index (χ3n) is 4.50. The van der Waals surface area contributed by atoms with E-state index >= 15 is 0 Å². The topological polar surface area (TPSA) is 38.5 Å². The molecule has 0 radical (unpaired) electrons. The molecule has 1 aliphatic heterocycles. The molecule has 0 bridgehead atoms. The maximum atomic E-state index is 5.73. The SMILES string of the molecule is COC1CC(N2CCC(CN)C2)C1(C)C. The molecule has 1 aliphatic carbocycles. The molecule has 1 saturated carbocycles. The molecule has 3 unspecified atom stereocenters. The molecule has 3 heteroatoms. The van der Waals surface area contributed by atoms with Crippen LogP contribution in [0.15, 0.2) is 0 Å². The maximum absolute atomic E-state index is 5.73. The first-order chi connectivity index (χ1) is 7.09. The molecule has 3 atom stereocenters. The molecule has 15 heavy (non-hydrogen) atoms. The van der Waals surface area contributed by atoms with Gasteiger partial charge in [-0.3, -0.25) is 4.90 Å². The molecule has 0 spiro atoms.